The Balaban J connectivity index is 0.00000729. The second-order valence-electron chi connectivity index (χ2n) is 6.61. The quantitative estimate of drug-likeness (QED) is 0.257. The Bertz CT molecular complexity index is 561. The number of nitrogens with zero attached hydrogens (tertiary/aromatic N) is 2. The smallest absolute Gasteiger partial charge is 0.191 e. The molecule has 0 heterocycles. The van der Waals surface area contributed by atoms with Crippen molar-refractivity contribution in [1.29, 1.82) is 0 Å². The zero-order valence-corrected chi connectivity index (χ0v) is 20.0. The van der Waals surface area contributed by atoms with Crippen molar-refractivity contribution in [2.75, 3.05) is 47.4 Å². The van der Waals surface area contributed by atoms with Crippen LogP contribution in [0.5, 0.6) is 5.75 Å². The fraction of sp³-hybridized carbons (Fsp3) is 0.650. The highest BCUT2D eigenvalue weighted by Gasteiger charge is 2.12. The molecule has 2 unspecified atom stereocenters. The van der Waals surface area contributed by atoms with E-state index >= 15 is 0 Å². The van der Waals surface area contributed by atoms with Crippen LogP contribution in [0.1, 0.15) is 26.7 Å². The van der Waals surface area contributed by atoms with Gasteiger partial charge in [0.05, 0.1) is 12.6 Å². The maximum absolute atomic E-state index is 13.3. The van der Waals surface area contributed by atoms with Gasteiger partial charge < -0.3 is 25.0 Å². The zero-order chi connectivity index (χ0) is 20.1. The van der Waals surface area contributed by atoms with E-state index in [2.05, 4.69) is 34.6 Å². The third-order valence-electron chi connectivity index (χ3n) is 4.07. The Hall–Kier alpha value is -1.13. The van der Waals surface area contributed by atoms with E-state index in [4.69, 9.17) is 9.47 Å². The highest BCUT2D eigenvalue weighted by molar-refractivity contribution is 14.0. The normalized spacial score (nSPS) is 13.6. The number of guanidine groups is 1. The molecular formula is C20H36FIN4O2. The number of hydrogen-bond acceptors (Lipinski definition) is 4. The highest BCUT2D eigenvalue weighted by atomic mass is 127. The van der Waals surface area contributed by atoms with Gasteiger partial charge in [0.1, 0.15) is 17.7 Å². The SMILES string of the molecule is CCOC(CCN(C)C)CNC(=NC)NCC(CC)Oc1cccc(F)c1.I. The van der Waals surface area contributed by atoms with Gasteiger partial charge in [-0.25, -0.2) is 4.39 Å². The molecule has 2 N–H and O–H groups in total. The van der Waals surface area contributed by atoms with E-state index in [1.165, 1.54) is 12.1 Å². The number of aliphatic imine (C=N–C) groups is 1. The summed E-state index contributed by atoms with van der Waals surface area (Å²) in [6.45, 7) is 6.95. The number of hydrogen-bond donors (Lipinski definition) is 2. The van der Waals surface area contributed by atoms with Gasteiger partial charge in [-0.05, 0) is 46.0 Å². The third-order valence-corrected chi connectivity index (χ3v) is 4.07. The molecule has 1 aromatic rings. The summed E-state index contributed by atoms with van der Waals surface area (Å²) in [5.41, 5.74) is 0. The van der Waals surface area contributed by atoms with Crippen molar-refractivity contribution in [2.24, 2.45) is 4.99 Å². The summed E-state index contributed by atoms with van der Waals surface area (Å²) in [7, 11) is 5.85. The molecule has 1 aromatic carbocycles. The van der Waals surface area contributed by atoms with Crippen molar-refractivity contribution in [3.05, 3.63) is 30.1 Å². The average molecular weight is 510 g/mol. The van der Waals surface area contributed by atoms with E-state index < -0.39 is 0 Å². The van der Waals surface area contributed by atoms with Crippen LogP contribution in [0, 0.1) is 5.82 Å². The first-order valence-corrected chi connectivity index (χ1v) is 9.61. The van der Waals surface area contributed by atoms with Gasteiger partial charge in [0.25, 0.3) is 0 Å². The molecule has 0 spiro atoms. The van der Waals surface area contributed by atoms with Gasteiger partial charge in [0, 0.05) is 32.8 Å². The van der Waals surface area contributed by atoms with Crippen molar-refractivity contribution in [3.63, 3.8) is 0 Å². The fourth-order valence-corrected chi connectivity index (χ4v) is 2.53. The highest BCUT2D eigenvalue weighted by Crippen LogP contribution is 2.14. The van der Waals surface area contributed by atoms with E-state index in [1.54, 1.807) is 19.2 Å². The topological polar surface area (TPSA) is 58.1 Å². The van der Waals surface area contributed by atoms with Crippen molar-refractivity contribution in [2.45, 2.75) is 38.9 Å². The maximum Gasteiger partial charge on any atom is 0.191 e. The Morgan fingerprint density at radius 3 is 2.39 bits per heavy atom. The van der Waals surface area contributed by atoms with Crippen molar-refractivity contribution >= 4 is 29.9 Å². The van der Waals surface area contributed by atoms with Gasteiger partial charge in [0.15, 0.2) is 5.96 Å². The summed E-state index contributed by atoms with van der Waals surface area (Å²) in [6, 6.07) is 6.21. The predicted molar refractivity (Wildman–Crippen MR) is 124 cm³/mol. The second kappa shape index (κ2) is 15.8. The standard InChI is InChI=1S/C20H35FN4O2.HI/c1-6-17(27-18-10-8-9-16(21)13-18)14-23-20(22-3)24-15-19(26-7-2)11-12-25(4)5;/h8-10,13,17,19H,6-7,11-12,14-15H2,1-5H3,(H2,22,23,24);1H. The molecule has 162 valence electrons. The molecule has 0 radical (unpaired) electrons. The number of benzene rings is 1. The number of rotatable bonds is 12. The molecule has 6 nitrogen and oxygen atoms in total. The van der Waals surface area contributed by atoms with Crippen molar-refractivity contribution in [3.8, 4) is 5.75 Å². The molecule has 0 aliphatic heterocycles. The third kappa shape index (κ3) is 11.7. The first kappa shape index (κ1) is 26.9. The summed E-state index contributed by atoms with van der Waals surface area (Å²) in [5, 5.41) is 6.58. The lowest BCUT2D eigenvalue weighted by molar-refractivity contribution is 0.0548. The van der Waals surface area contributed by atoms with Crippen LogP contribution >= 0.6 is 24.0 Å². The predicted octanol–water partition coefficient (Wildman–Crippen LogP) is 3.12. The van der Waals surface area contributed by atoms with Crippen LogP contribution in [0.25, 0.3) is 0 Å². The first-order chi connectivity index (χ1) is 13.0. The van der Waals surface area contributed by atoms with Crippen LogP contribution in [0.3, 0.4) is 0 Å². The molecule has 0 bridgehead atoms. The zero-order valence-electron chi connectivity index (χ0n) is 17.7. The summed E-state index contributed by atoms with van der Waals surface area (Å²) >= 11 is 0. The lowest BCUT2D eigenvalue weighted by Crippen LogP contribution is -2.45. The van der Waals surface area contributed by atoms with Crippen LogP contribution in [0.4, 0.5) is 4.39 Å². The molecule has 2 atom stereocenters. The lowest BCUT2D eigenvalue weighted by Gasteiger charge is -2.23. The molecule has 8 heteroatoms. The number of ether oxygens (including phenoxy) is 2. The fourth-order valence-electron chi connectivity index (χ4n) is 2.53. The Labute approximate surface area is 186 Å². The summed E-state index contributed by atoms with van der Waals surface area (Å²) in [5.74, 6) is 0.935. The minimum atomic E-state index is -0.299. The Morgan fingerprint density at radius 1 is 1.18 bits per heavy atom. The summed E-state index contributed by atoms with van der Waals surface area (Å²) in [6.07, 6.45) is 1.79. The van der Waals surface area contributed by atoms with E-state index in [0.717, 1.165) is 19.4 Å². The van der Waals surface area contributed by atoms with Gasteiger partial charge in [-0.3, -0.25) is 4.99 Å². The molecule has 0 amide bonds. The first-order valence-electron chi connectivity index (χ1n) is 9.61. The molecule has 0 saturated carbocycles. The number of nitrogens with one attached hydrogen (secondary N) is 2. The molecular weight excluding hydrogens is 474 g/mol. The van der Waals surface area contributed by atoms with E-state index in [1.807, 2.05) is 13.8 Å². The van der Waals surface area contributed by atoms with Crippen LogP contribution in [-0.2, 0) is 4.74 Å². The van der Waals surface area contributed by atoms with Gasteiger partial charge in [-0.2, -0.15) is 0 Å². The van der Waals surface area contributed by atoms with Crippen LogP contribution < -0.4 is 15.4 Å². The molecule has 0 aliphatic carbocycles. The van der Waals surface area contributed by atoms with Crippen LogP contribution in [0.2, 0.25) is 0 Å². The molecule has 1 rings (SSSR count). The number of halogens is 2. The molecule has 0 aliphatic rings. The van der Waals surface area contributed by atoms with Crippen LogP contribution in [-0.4, -0.2) is 70.5 Å². The minimum absolute atomic E-state index is 0. The minimum Gasteiger partial charge on any atom is -0.489 e. The van der Waals surface area contributed by atoms with Crippen molar-refractivity contribution in [1.82, 2.24) is 15.5 Å². The van der Waals surface area contributed by atoms with Gasteiger partial charge in [0.2, 0.25) is 0 Å². The van der Waals surface area contributed by atoms with Crippen molar-refractivity contribution < 1.29 is 13.9 Å². The molecule has 0 fully saturated rings. The second-order valence-corrected chi connectivity index (χ2v) is 6.61. The molecule has 28 heavy (non-hydrogen) atoms. The largest absolute Gasteiger partial charge is 0.489 e. The van der Waals surface area contributed by atoms with Gasteiger partial charge in [-0.15, -0.1) is 24.0 Å². The van der Waals surface area contributed by atoms with E-state index in [9.17, 15) is 4.39 Å². The summed E-state index contributed by atoms with van der Waals surface area (Å²) in [4.78, 5) is 6.40. The van der Waals surface area contributed by atoms with E-state index in [-0.39, 0.29) is 42.0 Å². The molecule has 0 aromatic heterocycles. The molecule has 0 saturated heterocycles. The summed E-state index contributed by atoms with van der Waals surface area (Å²) < 4.78 is 24.9. The average Bonchev–Trinajstić information content (AvgIpc) is 2.64. The Kier molecular flexibility index (Phi) is 15.1. The van der Waals surface area contributed by atoms with E-state index in [0.29, 0.717) is 31.4 Å². The van der Waals surface area contributed by atoms with Gasteiger partial charge >= 0.3 is 0 Å². The monoisotopic (exact) mass is 510 g/mol. The van der Waals surface area contributed by atoms with Crippen LogP contribution in [0.15, 0.2) is 29.3 Å². The van der Waals surface area contributed by atoms with Gasteiger partial charge in [-0.1, -0.05) is 13.0 Å². The lowest BCUT2D eigenvalue weighted by atomic mass is 10.2. The maximum atomic E-state index is 13.3. The Morgan fingerprint density at radius 2 is 1.86 bits per heavy atom.